The number of para-hydroxylation sites is 1. The first-order valence-electron chi connectivity index (χ1n) is 7.47. The van der Waals surface area contributed by atoms with Crippen LogP contribution in [0.4, 0.5) is 0 Å². The lowest BCUT2D eigenvalue weighted by Crippen LogP contribution is -2.24. The van der Waals surface area contributed by atoms with Crippen LogP contribution >= 0.6 is 0 Å². The molecule has 1 aromatic carbocycles. The number of furan rings is 1. The topological polar surface area (TPSA) is 53.7 Å². The van der Waals surface area contributed by atoms with Gasteiger partial charge in [0.1, 0.15) is 11.3 Å². The van der Waals surface area contributed by atoms with Gasteiger partial charge in [-0.15, -0.1) is 0 Å². The van der Waals surface area contributed by atoms with Crippen LogP contribution in [0, 0.1) is 0 Å². The number of fused-ring (bicyclic) bond motifs is 1. The molecule has 0 spiro atoms. The summed E-state index contributed by atoms with van der Waals surface area (Å²) in [5.74, 6) is 0.255. The quantitative estimate of drug-likeness (QED) is 0.841. The van der Waals surface area contributed by atoms with Crippen molar-refractivity contribution in [2.45, 2.75) is 39.2 Å². The van der Waals surface area contributed by atoms with Crippen LogP contribution in [0.5, 0.6) is 0 Å². The lowest BCUT2D eigenvalue weighted by molar-refractivity contribution is -0.137. The summed E-state index contributed by atoms with van der Waals surface area (Å²) in [6.45, 7) is 4.99. The van der Waals surface area contributed by atoms with Gasteiger partial charge in [-0.2, -0.15) is 0 Å². The van der Waals surface area contributed by atoms with E-state index in [1.165, 1.54) is 10.9 Å². The van der Waals surface area contributed by atoms with Crippen molar-refractivity contribution in [1.82, 2.24) is 4.90 Å². The molecule has 1 atom stereocenters. The van der Waals surface area contributed by atoms with Gasteiger partial charge in [0.15, 0.2) is 0 Å². The highest BCUT2D eigenvalue weighted by atomic mass is 16.4. The molecule has 2 aromatic rings. The van der Waals surface area contributed by atoms with Crippen LogP contribution in [-0.4, -0.2) is 29.6 Å². The number of aliphatic carboxylic acids is 1. The van der Waals surface area contributed by atoms with Crippen molar-refractivity contribution in [2.24, 2.45) is 0 Å². The molecule has 2 rings (SSSR count). The molecule has 0 aliphatic carbocycles. The Morgan fingerprint density at radius 3 is 2.76 bits per heavy atom. The minimum atomic E-state index is -0.742. The second kappa shape index (κ2) is 6.76. The van der Waals surface area contributed by atoms with Crippen molar-refractivity contribution in [3.8, 4) is 0 Å². The van der Waals surface area contributed by atoms with E-state index in [-0.39, 0.29) is 12.5 Å². The standard InChI is InChI=1S/C17H23NO3/c1-4-13-14-8-5-6-9-15(14)21-17(13)12(2)18(3)11-7-10-16(19)20/h5-6,8-9,12H,4,7,10-11H2,1-3H3,(H,19,20). The average molecular weight is 289 g/mol. The smallest absolute Gasteiger partial charge is 0.303 e. The molecule has 1 aromatic heterocycles. The second-order valence-electron chi connectivity index (χ2n) is 5.45. The number of carboxylic acid groups (broad SMARTS) is 1. The van der Waals surface area contributed by atoms with Crippen molar-refractivity contribution in [3.63, 3.8) is 0 Å². The molecule has 114 valence electrons. The normalized spacial score (nSPS) is 13.0. The Bertz CT molecular complexity index is 618. The van der Waals surface area contributed by atoms with Crippen LogP contribution < -0.4 is 0 Å². The maximum Gasteiger partial charge on any atom is 0.303 e. The number of carboxylic acids is 1. The lowest BCUT2D eigenvalue weighted by atomic mass is 10.0. The predicted octanol–water partition coefficient (Wildman–Crippen LogP) is 3.85. The summed E-state index contributed by atoms with van der Waals surface area (Å²) in [6.07, 6.45) is 1.79. The van der Waals surface area contributed by atoms with Crippen molar-refractivity contribution in [3.05, 3.63) is 35.6 Å². The fourth-order valence-corrected chi connectivity index (χ4v) is 2.69. The first-order valence-corrected chi connectivity index (χ1v) is 7.47. The molecule has 1 heterocycles. The molecule has 0 amide bonds. The molecule has 0 aliphatic heterocycles. The highest BCUT2D eigenvalue weighted by Gasteiger charge is 2.21. The van der Waals surface area contributed by atoms with Gasteiger partial charge < -0.3 is 9.52 Å². The SMILES string of the molecule is CCc1c(C(C)N(C)CCCC(=O)O)oc2ccccc12. The van der Waals surface area contributed by atoms with E-state index in [0.717, 1.165) is 24.3 Å². The predicted molar refractivity (Wildman–Crippen MR) is 83.5 cm³/mol. The first kappa shape index (κ1) is 15.6. The van der Waals surface area contributed by atoms with E-state index in [1.807, 2.05) is 25.2 Å². The van der Waals surface area contributed by atoms with Crippen LogP contribution in [-0.2, 0) is 11.2 Å². The Kier molecular flexibility index (Phi) is 5.02. The summed E-state index contributed by atoms with van der Waals surface area (Å²) in [6, 6.07) is 8.24. The summed E-state index contributed by atoms with van der Waals surface area (Å²) in [7, 11) is 2.01. The van der Waals surface area contributed by atoms with E-state index >= 15 is 0 Å². The summed E-state index contributed by atoms with van der Waals surface area (Å²) in [5.41, 5.74) is 2.18. The van der Waals surface area contributed by atoms with Gasteiger partial charge in [-0.3, -0.25) is 9.69 Å². The van der Waals surface area contributed by atoms with E-state index in [1.54, 1.807) is 0 Å². The molecule has 0 fully saturated rings. The van der Waals surface area contributed by atoms with Gasteiger partial charge in [-0.25, -0.2) is 0 Å². The zero-order valence-corrected chi connectivity index (χ0v) is 12.9. The van der Waals surface area contributed by atoms with Crippen LogP contribution in [0.3, 0.4) is 0 Å². The molecule has 4 nitrogen and oxygen atoms in total. The van der Waals surface area contributed by atoms with Gasteiger partial charge >= 0.3 is 5.97 Å². The van der Waals surface area contributed by atoms with Gasteiger partial charge in [-0.1, -0.05) is 25.1 Å². The third kappa shape index (κ3) is 3.45. The average Bonchev–Trinajstić information content (AvgIpc) is 2.84. The molecule has 1 N–H and O–H groups in total. The van der Waals surface area contributed by atoms with Gasteiger partial charge in [0.2, 0.25) is 0 Å². The van der Waals surface area contributed by atoms with Crippen molar-refractivity contribution >= 4 is 16.9 Å². The van der Waals surface area contributed by atoms with Crippen LogP contribution in [0.15, 0.2) is 28.7 Å². The number of hydrogen-bond acceptors (Lipinski definition) is 3. The second-order valence-corrected chi connectivity index (χ2v) is 5.45. The minimum absolute atomic E-state index is 0.140. The maximum atomic E-state index is 10.6. The first-order chi connectivity index (χ1) is 10.0. The van der Waals surface area contributed by atoms with Crippen molar-refractivity contribution in [2.75, 3.05) is 13.6 Å². The largest absolute Gasteiger partial charge is 0.481 e. The Morgan fingerprint density at radius 2 is 2.10 bits per heavy atom. The Labute approximate surface area is 125 Å². The summed E-state index contributed by atoms with van der Waals surface area (Å²) >= 11 is 0. The monoisotopic (exact) mass is 289 g/mol. The molecule has 0 bridgehead atoms. The molecule has 0 saturated carbocycles. The van der Waals surface area contributed by atoms with E-state index in [0.29, 0.717) is 6.42 Å². The molecular formula is C17H23NO3. The summed E-state index contributed by atoms with van der Waals surface area (Å²) < 4.78 is 6.04. The minimum Gasteiger partial charge on any atom is -0.481 e. The third-order valence-electron chi connectivity index (χ3n) is 4.03. The number of carbonyl (C=O) groups is 1. The van der Waals surface area contributed by atoms with Gasteiger partial charge in [0.05, 0.1) is 6.04 Å². The maximum absolute atomic E-state index is 10.6. The summed E-state index contributed by atoms with van der Waals surface area (Å²) in [5, 5.41) is 9.90. The number of nitrogens with zero attached hydrogens (tertiary/aromatic N) is 1. The number of hydrogen-bond donors (Lipinski definition) is 1. The van der Waals surface area contributed by atoms with E-state index in [4.69, 9.17) is 9.52 Å². The Balaban J connectivity index is 2.18. The van der Waals surface area contributed by atoms with Gasteiger partial charge in [0.25, 0.3) is 0 Å². The molecule has 4 heteroatoms. The number of benzene rings is 1. The van der Waals surface area contributed by atoms with E-state index < -0.39 is 5.97 Å². The lowest BCUT2D eigenvalue weighted by Gasteiger charge is -2.23. The fourth-order valence-electron chi connectivity index (χ4n) is 2.69. The number of rotatable bonds is 7. The Hall–Kier alpha value is -1.81. The third-order valence-corrected chi connectivity index (χ3v) is 4.03. The Morgan fingerprint density at radius 1 is 1.38 bits per heavy atom. The van der Waals surface area contributed by atoms with Gasteiger partial charge in [0, 0.05) is 17.4 Å². The molecule has 0 saturated heterocycles. The zero-order valence-electron chi connectivity index (χ0n) is 12.9. The van der Waals surface area contributed by atoms with Crippen LogP contribution in [0.2, 0.25) is 0 Å². The molecule has 0 aliphatic rings. The number of aryl methyl sites for hydroxylation is 1. The highest BCUT2D eigenvalue weighted by Crippen LogP contribution is 2.32. The van der Waals surface area contributed by atoms with Crippen molar-refractivity contribution in [1.29, 1.82) is 0 Å². The highest BCUT2D eigenvalue weighted by molar-refractivity contribution is 5.82. The zero-order chi connectivity index (χ0) is 15.4. The van der Waals surface area contributed by atoms with E-state index in [2.05, 4.69) is 24.8 Å². The van der Waals surface area contributed by atoms with E-state index in [9.17, 15) is 4.79 Å². The molecule has 0 radical (unpaired) electrons. The van der Waals surface area contributed by atoms with Crippen LogP contribution in [0.1, 0.15) is 44.1 Å². The summed E-state index contributed by atoms with van der Waals surface area (Å²) in [4.78, 5) is 12.8. The molecule has 21 heavy (non-hydrogen) atoms. The fraction of sp³-hybridized carbons (Fsp3) is 0.471. The van der Waals surface area contributed by atoms with Crippen LogP contribution in [0.25, 0.3) is 11.0 Å². The molecular weight excluding hydrogens is 266 g/mol. The molecule has 1 unspecified atom stereocenters. The van der Waals surface area contributed by atoms with Crippen molar-refractivity contribution < 1.29 is 14.3 Å². The van der Waals surface area contributed by atoms with Gasteiger partial charge in [-0.05, 0) is 39.4 Å².